The zero-order valence-corrected chi connectivity index (χ0v) is 14.2. The van der Waals surface area contributed by atoms with Crippen LogP contribution in [0, 0.1) is 11.3 Å². The van der Waals surface area contributed by atoms with Crippen molar-refractivity contribution in [2.45, 2.75) is 4.90 Å². The number of amides is 1. The molecule has 2 rings (SSSR count). The summed E-state index contributed by atoms with van der Waals surface area (Å²) in [4.78, 5) is 13.8. The lowest BCUT2D eigenvalue weighted by Gasteiger charge is -2.14. The molecule has 0 saturated carbocycles. The molecule has 0 unspecified atom stereocenters. The third kappa shape index (κ3) is 4.91. The van der Waals surface area contributed by atoms with Gasteiger partial charge in [0, 0.05) is 24.6 Å². The minimum absolute atomic E-state index is 0.0645. The summed E-state index contributed by atoms with van der Waals surface area (Å²) >= 11 is 0. The van der Waals surface area contributed by atoms with Crippen LogP contribution in [0.1, 0.15) is 0 Å². The number of carbonyl (C=O) groups excluding carboxylic acids is 1. The molecule has 0 aromatic heterocycles. The predicted octanol–water partition coefficient (Wildman–Crippen LogP) is 1.82. The Morgan fingerprint density at radius 2 is 1.76 bits per heavy atom. The number of nitrogens with one attached hydrogen (secondary N) is 1. The second-order valence-corrected chi connectivity index (χ2v) is 6.69. The summed E-state index contributed by atoms with van der Waals surface area (Å²) in [6, 6.07) is 16.4. The lowest BCUT2D eigenvalue weighted by Crippen LogP contribution is -2.18. The van der Waals surface area contributed by atoms with E-state index in [0.717, 1.165) is 5.69 Å². The molecule has 0 fully saturated rings. The monoisotopic (exact) mass is 356 g/mol. The molecule has 0 aliphatic heterocycles. The van der Waals surface area contributed by atoms with Crippen molar-refractivity contribution in [2.24, 2.45) is 5.14 Å². The molecule has 0 spiro atoms. The zero-order valence-electron chi connectivity index (χ0n) is 13.4. The Morgan fingerprint density at radius 1 is 1.16 bits per heavy atom. The topological polar surface area (TPSA) is 116 Å². The van der Waals surface area contributed by atoms with Crippen LogP contribution in [0.25, 0.3) is 0 Å². The summed E-state index contributed by atoms with van der Waals surface area (Å²) in [5, 5.41) is 16.8. The number of para-hydroxylation sites is 1. The Hall–Kier alpha value is -3.15. The number of anilines is 2. The fourth-order valence-corrected chi connectivity index (χ4v) is 2.51. The van der Waals surface area contributed by atoms with E-state index in [4.69, 9.17) is 5.14 Å². The van der Waals surface area contributed by atoms with Crippen molar-refractivity contribution in [2.75, 3.05) is 17.3 Å². The number of nitrogens with zero attached hydrogens (tertiary/aromatic N) is 2. The standard InChI is InChI=1S/C17H16N4O3S/c1-21(15-5-3-2-4-6-15)12-13(11-18)17(22)20-14-7-9-16(10-8-14)25(19,23)24/h2-10,12H,1H3,(H,20,22)(H2,19,23,24)/b13-12-. The molecule has 25 heavy (non-hydrogen) atoms. The number of carbonyl (C=O) groups is 1. The Kier molecular flexibility index (Phi) is 5.54. The molecular formula is C17H16N4O3S. The van der Waals surface area contributed by atoms with E-state index in [1.807, 2.05) is 36.4 Å². The lowest BCUT2D eigenvalue weighted by molar-refractivity contribution is -0.112. The fourth-order valence-electron chi connectivity index (χ4n) is 2.00. The maximum Gasteiger partial charge on any atom is 0.267 e. The first kappa shape index (κ1) is 18.2. The third-order valence-electron chi connectivity index (χ3n) is 3.29. The van der Waals surface area contributed by atoms with Crippen molar-refractivity contribution in [3.63, 3.8) is 0 Å². The molecule has 8 heteroatoms. The highest BCUT2D eigenvalue weighted by Gasteiger charge is 2.12. The van der Waals surface area contributed by atoms with Crippen molar-refractivity contribution in [3.8, 4) is 6.07 Å². The molecule has 0 saturated heterocycles. The molecule has 0 atom stereocenters. The van der Waals surface area contributed by atoms with Crippen LogP contribution < -0.4 is 15.4 Å². The van der Waals surface area contributed by atoms with Crippen molar-refractivity contribution in [1.82, 2.24) is 0 Å². The fraction of sp³-hybridized carbons (Fsp3) is 0.0588. The van der Waals surface area contributed by atoms with Gasteiger partial charge in [-0.2, -0.15) is 5.26 Å². The summed E-state index contributed by atoms with van der Waals surface area (Å²) in [7, 11) is -2.08. The number of nitriles is 1. The van der Waals surface area contributed by atoms with Gasteiger partial charge >= 0.3 is 0 Å². The van der Waals surface area contributed by atoms with Crippen LogP contribution in [-0.2, 0) is 14.8 Å². The highest BCUT2D eigenvalue weighted by Crippen LogP contribution is 2.15. The predicted molar refractivity (Wildman–Crippen MR) is 95.0 cm³/mol. The Balaban J connectivity index is 2.15. The second kappa shape index (κ2) is 7.61. The molecule has 7 nitrogen and oxygen atoms in total. The molecule has 0 radical (unpaired) electrons. The van der Waals surface area contributed by atoms with Gasteiger partial charge in [-0.15, -0.1) is 0 Å². The first-order valence-corrected chi connectivity index (χ1v) is 8.70. The SMILES string of the molecule is CN(/C=C(/C#N)C(=O)Nc1ccc(S(N)(=O)=O)cc1)c1ccccc1. The van der Waals surface area contributed by atoms with E-state index >= 15 is 0 Å². The summed E-state index contributed by atoms with van der Waals surface area (Å²) in [6.07, 6.45) is 1.42. The quantitative estimate of drug-likeness (QED) is 0.626. The van der Waals surface area contributed by atoms with Gasteiger partial charge in [-0.05, 0) is 36.4 Å². The lowest BCUT2D eigenvalue weighted by atomic mass is 10.2. The van der Waals surface area contributed by atoms with Crippen molar-refractivity contribution in [3.05, 3.63) is 66.4 Å². The van der Waals surface area contributed by atoms with E-state index in [1.54, 1.807) is 11.9 Å². The van der Waals surface area contributed by atoms with E-state index in [9.17, 15) is 18.5 Å². The van der Waals surface area contributed by atoms with Crippen molar-refractivity contribution < 1.29 is 13.2 Å². The van der Waals surface area contributed by atoms with Crippen LogP contribution in [0.4, 0.5) is 11.4 Å². The molecule has 1 amide bonds. The van der Waals surface area contributed by atoms with Crippen LogP contribution in [0.15, 0.2) is 71.3 Å². The molecule has 128 valence electrons. The highest BCUT2D eigenvalue weighted by molar-refractivity contribution is 7.89. The van der Waals surface area contributed by atoms with Gasteiger partial charge in [0.25, 0.3) is 5.91 Å². The number of rotatable bonds is 5. The van der Waals surface area contributed by atoms with Gasteiger partial charge in [0.2, 0.25) is 10.0 Å². The Morgan fingerprint density at radius 3 is 2.28 bits per heavy atom. The first-order chi connectivity index (χ1) is 11.8. The van der Waals surface area contributed by atoms with E-state index in [1.165, 1.54) is 30.5 Å². The van der Waals surface area contributed by atoms with Gasteiger partial charge in [-0.25, -0.2) is 13.6 Å². The molecule has 0 aliphatic rings. The van der Waals surface area contributed by atoms with E-state index in [2.05, 4.69) is 5.32 Å². The van der Waals surface area contributed by atoms with Crippen LogP contribution in [0.5, 0.6) is 0 Å². The molecule has 2 aromatic rings. The molecular weight excluding hydrogens is 340 g/mol. The van der Waals surface area contributed by atoms with E-state index in [-0.39, 0.29) is 10.5 Å². The van der Waals surface area contributed by atoms with E-state index < -0.39 is 15.9 Å². The van der Waals surface area contributed by atoms with Crippen LogP contribution in [0.3, 0.4) is 0 Å². The molecule has 0 aliphatic carbocycles. The molecule has 3 N–H and O–H groups in total. The second-order valence-electron chi connectivity index (χ2n) is 5.12. The average molecular weight is 356 g/mol. The zero-order chi connectivity index (χ0) is 18.4. The van der Waals surface area contributed by atoms with Gasteiger partial charge in [0.15, 0.2) is 0 Å². The molecule has 2 aromatic carbocycles. The summed E-state index contributed by atoms with van der Waals surface area (Å²) < 4.78 is 22.4. The van der Waals surface area contributed by atoms with Crippen LogP contribution in [0.2, 0.25) is 0 Å². The van der Waals surface area contributed by atoms with Crippen molar-refractivity contribution in [1.29, 1.82) is 5.26 Å². The Bertz CT molecular complexity index is 930. The number of nitrogens with two attached hydrogens (primary N) is 1. The van der Waals surface area contributed by atoms with Gasteiger partial charge in [0.05, 0.1) is 4.90 Å². The van der Waals surface area contributed by atoms with Gasteiger partial charge in [-0.3, -0.25) is 4.79 Å². The average Bonchev–Trinajstić information content (AvgIpc) is 2.59. The van der Waals surface area contributed by atoms with E-state index in [0.29, 0.717) is 5.69 Å². The molecule has 0 bridgehead atoms. The molecule has 0 heterocycles. The number of primary sulfonamides is 1. The third-order valence-corrected chi connectivity index (χ3v) is 4.22. The number of benzene rings is 2. The highest BCUT2D eigenvalue weighted by atomic mass is 32.2. The van der Waals surface area contributed by atoms with Crippen LogP contribution >= 0.6 is 0 Å². The number of sulfonamides is 1. The summed E-state index contributed by atoms with van der Waals surface area (Å²) in [5.41, 5.74) is 1.07. The van der Waals surface area contributed by atoms with Gasteiger partial charge < -0.3 is 10.2 Å². The van der Waals surface area contributed by atoms with Gasteiger partial charge in [0.1, 0.15) is 11.6 Å². The first-order valence-electron chi connectivity index (χ1n) is 7.15. The normalized spacial score (nSPS) is 11.5. The summed E-state index contributed by atoms with van der Waals surface area (Å²) in [6.45, 7) is 0. The number of hydrogen-bond acceptors (Lipinski definition) is 5. The van der Waals surface area contributed by atoms with Gasteiger partial charge in [-0.1, -0.05) is 18.2 Å². The smallest absolute Gasteiger partial charge is 0.267 e. The number of hydrogen-bond donors (Lipinski definition) is 2. The largest absolute Gasteiger partial charge is 0.350 e. The minimum Gasteiger partial charge on any atom is -0.350 e. The maximum absolute atomic E-state index is 12.2. The Labute approximate surface area is 146 Å². The van der Waals surface area contributed by atoms with Crippen LogP contribution in [-0.4, -0.2) is 21.4 Å². The van der Waals surface area contributed by atoms with Crippen molar-refractivity contribution >= 4 is 27.3 Å². The minimum atomic E-state index is -3.80. The summed E-state index contributed by atoms with van der Waals surface area (Å²) in [5.74, 6) is -0.603. The maximum atomic E-state index is 12.2.